The molecular formula is C13H15BrF3NO. The van der Waals surface area contributed by atoms with E-state index in [4.69, 9.17) is 4.74 Å². The highest BCUT2D eigenvalue weighted by molar-refractivity contribution is 9.10. The first-order valence-corrected chi connectivity index (χ1v) is 6.94. The molecule has 2 rings (SSSR count). The average Bonchev–Trinajstić information content (AvgIpc) is 2.83. The molecule has 1 aromatic rings. The molecule has 0 bridgehead atoms. The van der Waals surface area contributed by atoms with Crippen molar-refractivity contribution in [2.45, 2.75) is 19.0 Å². The molecule has 0 spiro atoms. The van der Waals surface area contributed by atoms with Crippen molar-refractivity contribution >= 4 is 21.6 Å². The topological polar surface area (TPSA) is 21.3 Å². The van der Waals surface area contributed by atoms with Crippen LogP contribution in [0.3, 0.4) is 0 Å². The summed E-state index contributed by atoms with van der Waals surface area (Å²) in [5.74, 6) is 0.456. The number of alkyl halides is 3. The molecule has 1 saturated heterocycles. The maximum Gasteiger partial charge on any atom is 0.418 e. The fraction of sp³-hybridized carbons (Fsp3) is 0.538. The van der Waals surface area contributed by atoms with Crippen molar-refractivity contribution in [2.24, 2.45) is 5.92 Å². The molecule has 2 nitrogen and oxygen atoms in total. The third kappa shape index (κ3) is 4.11. The maximum absolute atomic E-state index is 12.9. The Kier molecular flexibility index (Phi) is 4.73. The van der Waals surface area contributed by atoms with Crippen molar-refractivity contribution in [3.05, 3.63) is 28.2 Å². The van der Waals surface area contributed by atoms with Gasteiger partial charge in [0, 0.05) is 29.9 Å². The molecule has 1 heterocycles. The standard InChI is InChI=1S/C13H15BrF3NO/c14-10-1-2-12(11(7-10)13(15,16)17)18-5-3-9-4-6-19-8-9/h1-2,7,9,18H,3-6,8H2. The van der Waals surface area contributed by atoms with Gasteiger partial charge in [-0.1, -0.05) is 15.9 Å². The van der Waals surface area contributed by atoms with Crippen LogP contribution in [-0.4, -0.2) is 19.8 Å². The van der Waals surface area contributed by atoms with Crippen molar-refractivity contribution in [2.75, 3.05) is 25.1 Å². The van der Waals surface area contributed by atoms with E-state index in [2.05, 4.69) is 21.2 Å². The Bertz CT molecular complexity index is 430. The molecule has 1 unspecified atom stereocenters. The van der Waals surface area contributed by atoms with Gasteiger partial charge in [-0.3, -0.25) is 0 Å². The van der Waals surface area contributed by atoms with Gasteiger partial charge in [-0.2, -0.15) is 13.2 Å². The van der Waals surface area contributed by atoms with E-state index in [1.165, 1.54) is 6.07 Å². The van der Waals surface area contributed by atoms with Crippen LogP contribution in [0, 0.1) is 5.92 Å². The predicted octanol–water partition coefficient (Wildman–Crippen LogP) is 4.31. The first-order valence-electron chi connectivity index (χ1n) is 6.15. The summed E-state index contributed by atoms with van der Waals surface area (Å²) in [6, 6.07) is 4.16. The quantitative estimate of drug-likeness (QED) is 0.884. The van der Waals surface area contributed by atoms with Gasteiger partial charge in [-0.05, 0) is 37.0 Å². The molecule has 19 heavy (non-hydrogen) atoms. The van der Waals surface area contributed by atoms with Crippen LogP contribution >= 0.6 is 15.9 Å². The largest absolute Gasteiger partial charge is 0.418 e. The lowest BCUT2D eigenvalue weighted by Gasteiger charge is -2.16. The SMILES string of the molecule is FC(F)(F)c1cc(Br)ccc1NCCC1CCOC1. The average molecular weight is 338 g/mol. The molecule has 1 aromatic carbocycles. The van der Waals surface area contributed by atoms with E-state index in [0.29, 0.717) is 23.5 Å². The second kappa shape index (κ2) is 6.13. The van der Waals surface area contributed by atoms with E-state index < -0.39 is 11.7 Å². The molecule has 1 fully saturated rings. The number of ether oxygens (including phenoxy) is 1. The monoisotopic (exact) mass is 337 g/mol. The Balaban J connectivity index is 1.98. The molecule has 0 radical (unpaired) electrons. The fourth-order valence-corrected chi connectivity index (χ4v) is 2.49. The molecule has 0 saturated carbocycles. The minimum atomic E-state index is -4.34. The minimum absolute atomic E-state index is 0.134. The van der Waals surface area contributed by atoms with Gasteiger partial charge in [0.2, 0.25) is 0 Å². The van der Waals surface area contributed by atoms with E-state index in [1.807, 2.05) is 0 Å². The summed E-state index contributed by atoms with van der Waals surface area (Å²) < 4.78 is 44.3. The summed E-state index contributed by atoms with van der Waals surface area (Å²) in [7, 11) is 0. The Hall–Kier alpha value is -0.750. The zero-order chi connectivity index (χ0) is 13.9. The zero-order valence-electron chi connectivity index (χ0n) is 10.3. The highest BCUT2D eigenvalue weighted by Gasteiger charge is 2.33. The lowest BCUT2D eigenvalue weighted by molar-refractivity contribution is -0.137. The highest BCUT2D eigenvalue weighted by Crippen LogP contribution is 2.36. The smallest absolute Gasteiger partial charge is 0.385 e. The van der Waals surface area contributed by atoms with Gasteiger partial charge in [0.1, 0.15) is 0 Å². The minimum Gasteiger partial charge on any atom is -0.385 e. The van der Waals surface area contributed by atoms with Crippen LogP contribution in [0.2, 0.25) is 0 Å². The van der Waals surface area contributed by atoms with Gasteiger partial charge >= 0.3 is 6.18 Å². The van der Waals surface area contributed by atoms with E-state index in [1.54, 1.807) is 6.07 Å². The summed E-state index contributed by atoms with van der Waals surface area (Å²) in [6.07, 6.45) is -2.52. The van der Waals surface area contributed by atoms with Crippen molar-refractivity contribution in [3.8, 4) is 0 Å². The molecule has 1 N–H and O–H groups in total. The van der Waals surface area contributed by atoms with Crippen molar-refractivity contribution < 1.29 is 17.9 Å². The predicted molar refractivity (Wildman–Crippen MR) is 71.2 cm³/mol. The van der Waals surface area contributed by atoms with Gasteiger partial charge in [-0.15, -0.1) is 0 Å². The summed E-state index contributed by atoms with van der Waals surface area (Å²) in [6.45, 7) is 2.00. The number of halogens is 4. The molecular weight excluding hydrogens is 323 g/mol. The van der Waals surface area contributed by atoms with Crippen LogP contribution in [0.4, 0.5) is 18.9 Å². The first kappa shape index (κ1) is 14.7. The number of hydrogen-bond acceptors (Lipinski definition) is 2. The van der Waals surface area contributed by atoms with Gasteiger partial charge in [-0.25, -0.2) is 0 Å². The zero-order valence-corrected chi connectivity index (χ0v) is 11.9. The molecule has 0 amide bonds. The van der Waals surface area contributed by atoms with E-state index in [-0.39, 0.29) is 5.69 Å². The number of anilines is 1. The number of rotatable bonds is 4. The molecule has 0 aromatic heterocycles. The Morgan fingerprint density at radius 1 is 1.37 bits per heavy atom. The molecule has 1 aliphatic rings. The van der Waals surface area contributed by atoms with Crippen molar-refractivity contribution in [1.29, 1.82) is 0 Å². The normalized spacial score (nSPS) is 19.7. The molecule has 1 atom stereocenters. The fourth-order valence-electron chi connectivity index (χ4n) is 2.13. The Morgan fingerprint density at radius 2 is 2.16 bits per heavy atom. The number of hydrogen-bond donors (Lipinski definition) is 1. The molecule has 1 aliphatic heterocycles. The van der Waals surface area contributed by atoms with E-state index in [0.717, 1.165) is 25.5 Å². The van der Waals surface area contributed by atoms with E-state index >= 15 is 0 Å². The lowest BCUT2D eigenvalue weighted by atomic mass is 10.1. The van der Waals surface area contributed by atoms with Gasteiger partial charge in [0.15, 0.2) is 0 Å². The maximum atomic E-state index is 12.9. The van der Waals surface area contributed by atoms with Crippen LogP contribution in [0.25, 0.3) is 0 Å². The van der Waals surface area contributed by atoms with Crippen LogP contribution in [0.5, 0.6) is 0 Å². The third-order valence-electron chi connectivity index (χ3n) is 3.18. The van der Waals surface area contributed by atoms with Crippen LogP contribution in [-0.2, 0) is 10.9 Å². The Labute approximate surface area is 118 Å². The van der Waals surface area contributed by atoms with Gasteiger partial charge in [0.25, 0.3) is 0 Å². The van der Waals surface area contributed by atoms with E-state index in [9.17, 15) is 13.2 Å². The summed E-state index contributed by atoms with van der Waals surface area (Å²) in [5, 5.41) is 2.88. The second-order valence-corrected chi connectivity index (χ2v) is 5.55. The second-order valence-electron chi connectivity index (χ2n) is 4.63. The van der Waals surface area contributed by atoms with Crippen LogP contribution in [0.15, 0.2) is 22.7 Å². The molecule has 6 heteroatoms. The van der Waals surface area contributed by atoms with Crippen LogP contribution < -0.4 is 5.32 Å². The molecule has 0 aliphatic carbocycles. The highest BCUT2D eigenvalue weighted by atomic mass is 79.9. The molecule has 106 valence electrons. The van der Waals surface area contributed by atoms with Crippen LogP contribution in [0.1, 0.15) is 18.4 Å². The first-order chi connectivity index (χ1) is 8.97. The summed E-state index contributed by atoms with van der Waals surface area (Å²) >= 11 is 3.07. The third-order valence-corrected chi connectivity index (χ3v) is 3.67. The van der Waals surface area contributed by atoms with Gasteiger partial charge < -0.3 is 10.1 Å². The van der Waals surface area contributed by atoms with Crippen molar-refractivity contribution in [3.63, 3.8) is 0 Å². The number of benzene rings is 1. The summed E-state index contributed by atoms with van der Waals surface area (Å²) in [4.78, 5) is 0. The number of nitrogens with one attached hydrogen (secondary N) is 1. The Morgan fingerprint density at radius 3 is 2.79 bits per heavy atom. The van der Waals surface area contributed by atoms with Gasteiger partial charge in [0.05, 0.1) is 5.56 Å². The summed E-state index contributed by atoms with van der Waals surface area (Å²) in [5.41, 5.74) is -0.501. The lowest BCUT2D eigenvalue weighted by Crippen LogP contribution is -2.14. The van der Waals surface area contributed by atoms with Crippen molar-refractivity contribution in [1.82, 2.24) is 0 Å².